The van der Waals surface area contributed by atoms with Crippen molar-refractivity contribution in [3.05, 3.63) is 95.6 Å². The van der Waals surface area contributed by atoms with Crippen molar-refractivity contribution in [1.82, 2.24) is 0 Å². The Hall–Kier alpha value is -3.11. The van der Waals surface area contributed by atoms with Gasteiger partial charge in [-0.15, -0.1) is 0 Å². The largest absolute Gasteiger partial charge is 0.360 e. The zero-order valence-corrected chi connectivity index (χ0v) is 17.6. The summed E-state index contributed by atoms with van der Waals surface area (Å²) in [5, 5.41) is 3.07. The minimum Gasteiger partial charge on any atom is -0.360 e. The van der Waals surface area contributed by atoms with Crippen molar-refractivity contribution in [1.29, 1.82) is 0 Å². The third-order valence-corrected chi connectivity index (χ3v) is 5.90. The lowest BCUT2D eigenvalue weighted by molar-refractivity contribution is -0.880. The van der Waals surface area contributed by atoms with Crippen LogP contribution in [-0.2, 0) is 12.8 Å². The molecule has 4 heteroatoms. The van der Waals surface area contributed by atoms with Crippen LogP contribution in [-0.4, -0.2) is 39.1 Å². The standard InChI is InChI=1S/C26H29N3O/c1-28-17-19-29(20-18-28)24-15-13-23(14-16-24)27-26(30)25-10-6-5-9-22(25)12-11-21-7-3-2-4-8-21/h2-10,13-16H,11-12,17-20H2,1H3,(H,27,30)/p+1. The van der Waals surface area contributed by atoms with Crippen molar-refractivity contribution in [2.75, 3.05) is 43.4 Å². The molecule has 0 radical (unpaired) electrons. The van der Waals surface area contributed by atoms with Gasteiger partial charge in [-0.3, -0.25) is 4.79 Å². The number of nitrogens with one attached hydrogen (secondary N) is 2. The zero-order chi connectivity index (χ0) is 20.8. The van der Waals surface area contributed by atoms with Crippen molar-refractivity contribution in [2.24, 2.45) is 0 Å². The fourth-order valence-corrected chi connectivity index (χ4v) is 3.98. The Balaban J connectivity index is 1.40. The number of likely N-dealkylation sites (N-methyl/N-ethyl adjacent to an activating group) is 1. The lowest BCUT2D eigenvalue weighted by atomic mass is 9.99. The number of piperazine rings is 1. The van der Waals surface area contributed by atoms with Gasteiger partial charge >= 0.3 is 0 Å². The van der Waals surface area contributed by atoms with E-state index in [9.17, 15) is 4.79 Å². The van der Waals surface area contributed by atoms with E-state index in [0.717, 1.165) is 55.8 Å². The Kier molecular flexibility index (Phi) is 6.45. The lowest BCUT2D eigenvalue weighted by Gasteiger charge is -2.31. The maximum absolute atomic E-state index is 12.9. The van der Waals surface area contributed by atoms with E-state index in [1.165, 1.54) is 11.3 Å². The molecule has 0 bridgehead atoms. The first kappa shape index (κ1) is 20.2. The first-order chi connectivity index (χ1) is 14.7. The van der Waals surface area contributed by atoms with Gasteiger partial charge in [-0.05, 0) is 54.3 Å². The molecule has 3 aromatic rings. The molecule has 4 rings (SSSR count). The number of rotatable bonds is 6. The van der Waals surface area contributed by atoms with Crippen LogP contribution in [0.1, 0.15) is 21.5 Å². The highest BCUT2D eigenvalue weighted by molar-refractivity contribution is 6.05. The molecule has 1 fully saturated rings. The Bertz CT molecular complexity index is 961. The summed E-state index contributed by atoms with van der Waals surface area (Å²) in [7, 11) is 2.24. The summed E-state index contributed by atoms with van der Waals surface area (Å²) in [6.07, 6.45) is 1.77. The number of amides is 1. The van der Waals surface area contributed by atoms with E-state index in [-0.39, 0.29) is 5.91 Å². The Morgan fingerprint density at radius 1 is 0.867 bits per heavy atom. The maximum atomic E-state index is 12.9. The molecule has 0 aliphatic carbocycles. The van der Waals surface area contributed by atoms with Crippen LogP contribution in [0.3, 0.4) is 0 Å². The average Bonchev–Trinajstić information content (AvgIpc) is 2.80. The monoisotopic (exact) mass is 400 g/mol. The van der Waals surface area contributed by atoms with Gasteiger partial charge < -0.3 is 15.1 Å². The minimum absolute atomic E-state index is 0.0467. The van der Waals surface area contributed by atoms with Gasteiger partial charge in [-0.2, -0.15) is 0 Å². The summed E-state index contributed by atoms with van der Waals surface area (Å²) in [6, 6.07) is 26.5. The molecular formula is C26H30N3O+. The minimum atomic E-state index is -0.0467. The molecule has 0 spiro atoms. The van der Waals surface area contributed by atoms with E-state index in [4.69, 9.17) is 0 Å². The predicted molar refractivity (Wildman–Crippen MR) is 124 cm³/mol. The molecule has 1 heterocycles. The first-order valence-corrected chi connectivity index (χ1v) is 10.8. The second kappa shape index (κ2) is 9.59. The van der Waals surface area contributed by atoms with Crippen LogP contribution in [0.2, 0.25) is 0 Å². The van der Waals surface area contributed by atoms with Gasteiger partial charge in [0.25, 0.3) is 5.91 Å². The molecular weight excluding hydrogens is 370 g/mol. The highest BCUT2D eigenvalue weighted by atomic mass is 16.1. The fourth-order valence-electron chi connectivity index (χ4n) is 3.98. The van der Waals surface area contributed by atoms with Gasteiger partial charge in [-0.25, -0.2) is 0 Å². The van der Waals surface area contributed by atoms with Gasteiger partial charge in [0.15, 0.2) is 0 Å². The van der Waals surface area contributed by atoms with Gasteiger partial charge in [0.1, 0.15) is 0 Å². The van der Waals surface area contributed by atoms with Gasteiger partial charge in [0.05, 0.1) is 33.2 Å². The molecule has 30 heavy (non-hydrogen) atoms. The number of benzene rings is 3. The molecule has 0 saturated carbocycles. The summed E-state index contributed by atoms with van der Waals surface area (Å²) < 4.78 is 0. The predicted octanol–water partition coefficient (Wildman–Crippen LogP) is 3.06. The molecule has 1 amide bonds. The average molecular weight is 401 g/mol. The number of hydrogen-bond acceptors (Lipinski definition) is 2. The number of quaternary nitrogens is 1. The van der Waals surface area contributed by atoms with Gasteiger partial charge in [-0.1, -0.05) is 48.5 Å². The Morgan fingerprint density at radius 3 is 2.27 bits per heavy atom. The van der Waals surface area contributed by atoms with E-state index in [1.807, 2.05) is 36.4 Å². The molecule has 1 aliphatic rings. The third kappa shape index (κ3) is 5.08. The molecule has 3 aromatic carbocycles. The normalized spacial score (nSPS) is 14.5. The third-order valence-electron chi connectivity index (χ3n) is 5.90. The molecule has 1 aliphatic heterocycles. The van der Waals surface area contributed by atoms with E-state index < -0.39 is 0 Å². The quantitative estimate of drug-likeness (QED) is 0.667. The van der Waals surface area contributed by atoms with Gasteiger partial charge in [0, 0.05) is 16.9 Å². The maximum Gasteiger partial charge on any atom is 0.255 e. The topological polar surface area (TPSA) is 36.8 Å². The van der Waals surface area contributed by atoms with Crippen LogP contribution in [0.5, 0.6) is 0 Å². The van der Waals surface area contributed by atoms with Crippen LogP contribution >= 0.6 is 0 Å². The number of carbonyl (C=O) groups excluding carboxylic acids is 1. The smallest absolute Gasteiger partial charge is 0.255 e. The summed E-state index contributed by atoms with van der Waals surface area (Å²) in [4.78, 5) is 16.9. The van der Waals surface area contributed by atoms with Crippen molar-refractivity contribution < 1.29 is 9.69 Å². The van der Waals surface area contributed by atoms with Crippen LogP contribution < -0.4 is 15.1 Å². The van der Waals surface area contributed by atoms with Crippen molar-refractivity contribution in [3.63, 3.8) is 0 Å². The molecule has 0 aromatic heterocycles. The molecule has 2 N–H and O–H groups in total. The van der Waals surface area contributed by atoms with E-state index in [0.29, 0.717) is 0 Å². The fraction of sp³-hybridized carbons (Fsp3) is 0.269. The van der Waals surface area contributed by atoms with Crippen molar-refractivity contribution in [2.45, 2.75) is 12.8 Å². The van der Waals surface area contributed by atoms with Crippen LogP contribution in [0.25, 0.3) is 0 Å². The zero-order valence-electron chi connectivity index (χ0n) is 17.6. The second-order valence-corrected chi connectivity index (χ2v) is 8.09. The second-order valence-electron chi connectivity index (χ2n) is 8.09. The van der Waals surface area contributed by atoms with E-state index >= 15 is 0 Å². The number of carbonyl (C=O) groups is 1. The lowest BCUT2D eigenvalue weighted by Crippen LogP contribution is -3.12. The molecule has 1 saturated heterocycles. The Morgan fingerprint density at radius 2 is 1.53 bits per heavy atom. The van der Waals surface area contributed by atoms with Crippen LogP contribution in [0, 0.1) is 0 Å². The highest BCUT2D eigenvalue weighted by Gasteiger charge is 2.17. The molecule has 4 nitrogen and oxygen atoms in total. The first-order valence-electron chi connectivity index (χ1n) is 10.8. The van der Waals surface area contributed by atoms with Crippen LogP contribution in [0.4, 0.5) is 11.4 Å². The van der Waals surface area contributed by atoms with E-state index in [2.05, 4.69) is 59.7 Å². The summed E-state index contributed by atoms with van der Waals surface area (Å²) >= 11 is 0. The number of aryl methyl sites for hydroxylation is 2. The molecule has 0 unspecified atom stereocenters. The van der Waals surface area contributed by atoms with Crippen LogP contribution in [0.15, 0.2) is 78.9 Å². The summed E-state index contributed by atoms with van der Waals surface area (Å²) in [6.45, 7) is 4.48. The van der Waals surface area contributed by atoms with E-state index in [1.54, 1.807) is 4.90 Å². The number of anilines is 2. The molecule has 154 valence electrons. The summed E-state index contributed by atoms with van der Waals surface area (Å²) in [5.74, 6) is -0.0467. The highest BCUT2D eigenvalue weighted by Crippen LogP contribution is 2.20. The van der Waals surface area contributed by atoms with Crippen molar-refractivity contribution in [3.8, 4) is 0 Å². The number of nitrogens with zero attached hydrogens (tertiary/aromatic N) is 1. The SMILES string of the molecule is C[NH+]1CCN(c2ccc(NC(=O)c3ccccc3CCc3ccccc3)cc2)CC1. The summed E-state index contributed by atoms with van der Waals surface area (Å²) in [5.41, 5.74) is 5.17. The number of hydrogen-bond donors (Lipinski definition) is 2. The van der Waals surface area contributed by atoms with Gasteiger partial charge in [0.2, 0.25) is 0 Å². The molecule has 0 atom stereocenters. The van der Waals surface area contributed by atoms with Crippen molar-refractivity contribution >= 4 is 17.3 Å². The Labute approximate surface area is 179 Å².